The third-order valence-corrected chi connectivity index (χ3v) is 10.6. The number of fused-ring (bicyclic) bond motifs is 13. The minimum Gasteiger partial charge on any atom is -0.309 e. The van der Waals surface area contributed by atoms with Crippen LogP contribution in [0.25, 0.3) is 77.2 Å². The van der Waals surface area contributed by atoms with Crippen LogP contribution in [0.4, 0.5) is 0 Å². The van der Waals surface area contributed by atoms with Gasteiger partial charge in [-0.05, 0) is 80.9 Å². The van der Waals surface area contributed by atoms with Crippen LogP contribution in [0.3, 0.4) is 0 Å². The lowest BCUT2D eigenvalue weighted by Crippen LogP contribution is -2.00. The highest BCUT2D eigenvalue weighted by atomic mass is 15.0. The number of hydrogen-bond acceptors (Lipinski definition) is 0. The van der Waals surface area contributed by atoms with Gasteiger partial charge < -0.3 is 9.13 Å². The average molecular weight is 585 g/mol. The molecule has 0 amide bonds. The fraction of sp³-hybridized carbons (Fsp3) is 0.0455. The second-order valence-corrected chi connectivity index (χ2v) is 12.8. The Morgan fingerprint density at radius 3 is 1.24 bits per heavy atom. The predicted molar refractivity (Wildman–Crippen MR) is 192 cm³/mol. The highest BCUT2D eigenvalue weighted by molar-refractivity contribution is 6.29. The summed E-state index contributed by atoms with van der Waals surface area (Å²) in [7, 11) is 0. The minimum atomic E-state index is 0.957. The van der Waals surface area contributed by atoms with E-state index in [0.717, 1.165) is 12.8 Å². The first-order valence-electron chi connectivity index (χ1n) is 16.2. The van der Waals surface area contributed by atoms with Crippen LogP contribution in [-0.2, 0) is 12.8 Å². The van der Waals surface area contributed by atoms with Gasteiger partial charge in [-0.2, -0.15) is 0 Å². The molecular weight excluding hydrogens is 556 g/mol. The monoisotopic (exact) mass is 584 g/mol. The zero-order valence-electron chi connectivity index (χ0n) is 25.2. The Morgan fingerprint density at radius 1 is 0.326 bits per heavy atom. The van der Waals surface area contributed by atoms with Crippen molar-refractivity contribution < 1.29 is 0 Å². The summed E-state index contributed by atoms with van der Waals surface area (Å²) in [5.74, 6) is 0. The molecule has 2 aliphatic carbocycles. The maximum absolute atomic E-state index is 2.53. The summed E-state index contributed by atoms with van der Waals surface area (Å²) >= 11 is 0. The molecule has 2 heteroatoms. The number of aromatic nitrogens is 2. The van der Waals surface area contributed by atoms with Crippen LogP contribution in [0.5, 0.6) is 0 Å². The van der Waals surface area contributed by atoms with E-state index < -0.39 is 0 Å². The van der Waals surface area contributed by atoms with Crippen molar-refractivity contribution in [1.82, 2.24) is 9.13 Å². The van der Waals surface area contributed by atoms with E-state index in [1.165, 1.54) is 99.5 Å². The molecule has 2 aliphatic rings. The summed E-state index contributed by atoms with van der Waals surface area (Å²) in [4.78, 5) is 0. The number of rotatable bonds is 2. The Bertz CT molecular complexity index is 2560. The first kappa shape index (κ1) is 24.5. The Kier molecular flexibility index (Phi) is 4.71. The molecule has 2 heterocycles. The SMILES string of the molecule is c1ccc2c(c1)Cc1c-2cccc1-n1c2ccccc2c2c3c4ccccc4n(-c4cccc5c4Cc4ccccc4-5)c3ccc21. The van der Waals surface area contributed by atoms with Crippen molar-refractivity contribution in [2.24, 2.45) is 0 Å². The van der Waals surface area contributed by atoms with E-state index in [2.05, 4.69) is 155 Å². The zero-order valence-corrected chi connectivity index (χ0v) is 25.2. The predicted octanol–water partition coefficient (Wildman–Crippen LogP) is 11.0. The Labute approximate surface area is 266 Å². The van der Waals surface area contributed by atoms with Crippen LogP contribution in [0.1, 0.15) is 22.3 Å². The van der Waals surface area contributed by atoms with Crippen LogP contribution >= 0.6 is 0 Å². The lowest BCUT2D eigenvalue weighted by Gasteiger charge is -2.14. The van der Waals surface area contributed by atoms with Gasteiger partial charge in [0.15, 0.2) is 0 Å². The fourth-order valence-electron chi connectivity index (χ4n) is 8.74. The van der Waals surface area contributed by atoms with Crippen molar-refractivity contribution >= 4 is 43.6 Å². The van der Waals surface area contributed by atoms with Crippen LogP contribution in [0, 0.1) is 0 Å². The molecule has 0 saturated heterocycles. The van der Waals surface area contributed by atoms with Gasteiger partial charge in [0, 0.05) is 34.4 Å². The normalized spacial score (nSPS) is 13.0. The third kappa shape index (κ3) is 3.06. The molecule has 214 valence electrons. The van der Waals surface area contributed by atoms with Crippen LogP contribution in [0.15, 0.2) is 146 Å². The second kappa shape index (κ2) is 8.87. The van der Waals surface area contributed by atoms with E-state index in [4.69, 9.17) is 0 Å². The molecule has 0 spiro atoms. The van der Waals surface area contributed by atoms with Crippen LogP contribution in [-0.4, -0.2) is 9.13 Å². The Morgan fingerprint density at radius 2 is 0.739 bits per heavy atom. The number of para-hydroxylation sites is 2. The van der Waals surface area contributed by atoms with Crippen molar-refractivity contribution in [1.29, 1.82) is 0 Å². The zero-order chi connectivity index (χ0) is 29.9. The Hall–Kier alpha value is -5.86. The summed E-state index contributed by atoms with van der Waals surface area (Å²) in [5.41, 5.74) is 18.7. The molecule has 0 fully saturated rings. The van der Waals surface area contributed by atoms with Gasteiger partial charge in [0.05, 0.1) is 33.4 Å². The van der Waals surface area contributed by atoms with Crippen LogP contribution in [0.2, 0.25) is 0 Å². The molecule has 0 aliphatic heterocycles. The van der Waals surface area contributed by atoms with Crippen molar-refractivity contribution in [3.8, 4) is 33.6 Å². The topological polar surface area (TPSA) is 9.86 Å². The molecule has 7 aromatic carbocycles. The van der Waals surface area contributed by atoms with E-state index in [1.54, 1.807) is 0 Å². The van der Waals surface area contributed by atoms with Crippen molar-refractivity contribution in [3.63, 3.8) is 0 Å². The molecule has 0 saturated carbocycles. The average Bonchev–Trinajstić information content (AvgIpc) is 3.85. The first-order valence-corrected chi connectivity index (χ1v) is 16.2. The maximum atomic E-state index is 2.53. The molecule has 11 rings (SSSR count). The van der Waals surface area contributed by atoms with E-state index >= 15 is 0 Å². The summed E-state index contributed by atoms with van der Waals surface area (Å²) < 4.78 is 5.05. The summed E-state index contributed by atoms with van der Waals surface area (Å²) in [6.45, 7) is 0. The summed E-state index contributed by atoms with van der Waals surface area (Å²) in [6.07, 6.45) is 1.91. The summed E-state index contributed by atoms with van der Waals surface area (Å²) in [5, 5.41) is 5.24. The van der Waals surface area contributed by atoms with Gasteiger partial charge in [-0.1, -0.05) is 109 Å². The standard InChI is InChI=1S/C44H28N2/c1-3-13-29-27(11-1)25-35-31(29)17-9-21-39(35)45-37-19-7-5-15-33(37)43-41(45)23-24-42-44(43)34-16-6-8-20-38(34)46(42)40-22-10-18-32-30-14-4-2-12-28(30)26-36(32)40/h1-24H,25-26H2. The van der Waals surface area contributed by atoms with Crippen molar-refractivity contribution in [3.05, 3.63) is 168 Å². The molecule has 0 N–H and O–H groups in total. The molecule has 9 aromatic rings. The minimum absolute atomic E-state index is 0.957. The number of nitrogens with zero attached hydrogens (tertiary/aromatic N) is 2. The van der Waals surface area contributed by atoms with E-state index in [0.29, 0.717) is 0 Å². The quantitative estimate of drug-likeness (QED) is 0.191. The van der Waals surface area contributed by atoms with Gasteiger partial charge in [0.1, 0.15) is 0 Å². The van der Waals surface area contributed by atoms with Gasteiger partial charge in [-0.25, -0.2) is 0 Å². The number of benzene rings is 7. The van der Waals surface area contributed by atoms with E-state index in [1.807, 2.05) is 0 Å². The van der Waals surface area contributed by atoms with Crippen molar-refractivity contribution in [2.75, 3.05) is 0 Å². The molecule has 0 atom stereocenters. The smallest absolute Gasteiger partial charge is 0.0549 e. The summed E-state index contributed by atoms with van der Waals surface area (Å²) in [6, 6.07) is 54.1. The van der Waals surface area contributed by atoms with Crippen LogP contribution < -0.4 is 0 Å². The first-order chi connectivity index (χ1) is 22.8. The van der Waals surface area contributed by atoms with Gasteiger partial charge in [-0.3, -0.25) is 0 Å². The fourth-order valence-corrected chi connectivity index (χ4v) is 8.74. The van der Waals surface area contributed by atoms with Gasteiger partial charge in [0.25, 0.3) is 0 Å². The lowest BCUT2D eigenvalue weighted by molar-refractivity contribution is 1.12. The Balaban J connectivity index is 1.25. The van der Waals surface area contributed by atoms with Crippen molar-refractivity contribution in [2.45, 2.75) is 12.8 Å². The van der Waals surface area contributed by atoms with E-state index in [9.17, 15) is 0 Å². The second-order valence-electron chi connectivity index (χ2n) is 12.8. The maximum Gasteiger partial charge on any atom is 0.0549 e. The molecule has 0 bridgehead atoms. The highest BCUT2D eigenvalue weighted by Crippen LogP contribution is 2.47. The molecule has 46 heavy (non-hydrogen) atoms. The lowest BCUT2D eigenvalue weighted by atomic mass is 10.0. The van der Waals surface area contributed by atoms with E-state index in [-0.39, 0.29) is 0 Å². The van der Waals surface area contributed by atoms with Gasteiger partial charge in [0.2, 0.25) is 0 Å². The molecular formula is C44H28N2. The molecule has 2 nitrogen and oxygen atoms in total. The molecule has 0 radical (unpaired) electrons. The third-order valence-electron chi connectivity index (χ3n) is 10.6. The highest BCUT2D eigenvalue weighted by Gasteiger charge is 2.27. The largest absolute Gasteiger partial charge is 0.309 e. The number of hydrogen-bond donors (Lipinski definition) is 0. The molecule has 0 unspecified atom stereocenters. The molecule has 2 aromatic heterocycles. The van der Waals surface area contributed by atoms with Gasteiger partial charge in [-0.15, -0.1) is 0 Å². The van der Waals surface area contributed by atoms with Gasteiger partial charge >= 0.3 is 0 Å².